The topological polar surface area (TPSA) is 132 Å². The van der Waals surface area contributed by atoms with E-state index in [0.717, 1.165) is 25.3 Å². The Hall–Kier alpha value is -0.710. The first-order valence-electron chi connectivity index (χ1n) is 6.04. The Bertz CT molecular complexity index is 715. The van der Waals surface area contributed by atoms with E-state index in [0.29, 0.717) is 0 Å². The summed E-state index contributed by atoms with van der Waals surface area (Å²) in [6.45, 7) is 0.134. The minimum atomic E-state index is -3.94. The summed E-state index contributed by atoms with van der Waals surface area (Å²) in [4.78, 5) is -0.390. The van der Waals surface area contributed by atoms with Crippen molar-refractivity contribution in [2.24, 2.45) is 10.9 Å². The molecule has 5 N–H and O–H groups in total. The molecule has 0 aliphatic heterocycles. The molecule has 0 heterocycles. The first-order valence-corrected chi connectivity index (χ1v) is 9.07. The third-order valence-electron chi connectivity index (χ3n) is 3.41. The number of hydrogen-bond donors (Lipinski definition) is 3. The molecule has 21 heavy (non-hydrogen) atoms. The number of halogens is 1. The minimum Gasteiger partial charge on any atom is -0.324 e. The van der Waals surface area contributed by atoms with Gasteiger partial charge in [-0.15, -0.1) is 12.4 Å². The zero-order valence-electron chi connectivity index (χ0n) is 11.2. The highest BCUT2D eigenvalue weighted by atomic mass is 35.5. The second kappa shape index (κ2) is 6.19. The van der Waals surface area contributed by atoms with E-state index in [1.165, 1.54) is 18.2 Å². The highest BCUT2D eigenvalue weighted by Crippen LogP contribution is 2.28. The smallest absolute Gasteiger partial charge is 0.240 e. The summed E-state index contributed by atoms with van der Waals surface area (Å²) in [5.41, 5.74) is 5.45. The summed E-state index contributed by atoms with van der Waals surface area (Å²) >= 11 is 0. The summed E-state index contributed by atoms with van der Waals surface area (Å²) in [5, 5.41) is 4.98. The Labute approximate surface area is 130 Å². The van der Waals surface area contributed by atoms with E-state index < -0.39 is 25.6 Å². The molecule has 1 aliphatic rings. The van der Waals surface area contributed by atoms with Crippen LogP contribution in [0.15, 0.2) is 34.1 Å². The third-order valence-corrected chi connectivity index (χ3v) is 5.72. The standard InChI is InChI=1S/C11H17N3O4S2.ClH/c12-11(5-2-6-11)8-14-20(17,18)10-4-1-3-9(7-10)19(13,15)16;/h1,3-4,7,14H,2,5-6,8,12H2,(H2,13,15,16);1H. The van der Waals surface area contributed by atoms with Gasteiger partial charge in [-0.2, -0.15) is 0 Å². The SMILES string of the molecule is Cl.NC1(CNS(=O)(=O)c2cccc(S(N)(=O)=O)c2)CCC1. The van der Waals surface area contributed by atoms with Crippen LogP contribution in [0, 0.1) is 0 Å². The highest BCUT2D eigenvalue weighted by Gasteiger charge is 2.33. The molecule has 2 rings (SSSR count). The van der Waals surface area contributed by atoms with E-state index in [9.17, 15) is 16.8 Å². The maximum absolute atomic E-state index is 12.1. The van der Waals surface area contributed by atoms with Crippen molar-refractivity contribution in [3.63, 3.8) is 0 Å². The van der Waals surface area contributed by atoms with Crippen LogP contribution in [0.3, 0.4) is 0 Å². The van der Waals surface area contributed by atoms with Crippen LogP contribution >= 0.6 is 12.4 Å². The molecule has 1 aromatic rings. The van der Waals surface area contributed by atoms with E-state index in [4.69, 9.17) is 10.9 Å². The zero-order valence-corrected chi connectivity index (χ0v) is 13.6. The second-order valence-corrected chi connectivity index (χ2v) is 8.39. The van der Waals surface area contributed by atoms with Crippen LogP contribution in [0.2, 0.25) is 0 Å². The van der Waals surface area contributed by atoms with Gasteiger partial charge >= 0.3 is 0 Å². The number of nitrogens with two attached hydrogens (primary N) is 2. The van der Waals surface area contributed by atoms with Gasteiger partial charge in [0.1, 0.15) is 0 Å². The van der Waals surface area contributed by atoms with E-state index >= 15 is 0 Å². The lowest BCUT2D eigenvalue weighted by atomic mass is 9.78. The minimum absolute atomic E-state index is 0. The molecule has 1 aromatic carbocycles. The van der Waals surface area contributed by atoms with Crippen LogP contribution < -0.4 is 15.6 Å². The molecular weight excluding hydrogens is 338 g/mol. The summed E-state index contributed by atoms with van der Waals surface area (Å²) in [6.07, 6.45) is 2.53. The summed E-state index contributed by atoms with van der Waals surface area (Å²) in [7, 11) is -7.74. The number of rotatable bonds is 5. The zero-order chi connectivity index (χ0) is 15.0. The largest absolute Gasteiger partial charge is 0.324 e. The van der Waals surface area contributed by atoms with Crippen molar-refractivity contribution >= 4 is 32.5 Å². The number of benzene rings is 1. The predicted molar refractivity (Wildman–Crippen MR) is 81.0 cm³/mol. The van der Waals surface area contributed by atoms with Gasteiger partial charge in [-0.25, -0.2) is 26.7 Å². The normalized spacial score (nSPS) is 17.6. The van der Waals surface area contributed by atoms with Crippen LogP contribution in [0.4, 0.5) is 0 Å². The quantitative estimate of drug-likeness (QED) is 0.679. The number of sulfonamides is 2. The summed E-state index contributed by atoms with van der Waals surface area (Å²) in [6, 6.07) is 4.91. The number of nitrogens with one attached hydrogen (secondary N) is 1. The van der Waals surface area contributed by atoms with Crippen LogP contribution in [0.1, 0.15) is 19.3 Å². The molecule has 120 valence electrons. The fourth-order valence-electron chi connectivity index (χ4n) is 1.95. The van der Waals surface area contributed by atoms with Gasteiger partial charge in [-0.3, -0.25) is 0 Å². The molecule has 0 aromatic heterocycles. The fraction of sp³-hybridized carbons (Fsp3) is 0.455. The van der Waals surface area contributed by atoms with Gasteiger partial charge in [0.05, 0.1) is 9.79 Å². The maximum Gasteiger partial charge on any atom is 0.240 e. The first-order chi connectivity index (χ1) is 9.12. The van der Waals surface area contributed by atoms with Gasteiger partial charge in [-0.1, -0.05) is 6.07 Å². The Morgan fingerprint density at radius 1 is 1.14 bits per heavy atom. The lowest BCUT2D eigenvalue weighted by Gasteiger charge is -2.38. The van der Waals surface area contributed by atoms with E-state index in [1.807, 2.05) is 0 Å². The van der Waals surface area contributed by atoms with Crippen molar-refractivity contribution in [2.45, 2.75) is 34.6 Å². The Morgan fingerprint density at radius 2 is 1.71 bits per heavy atom. The molecule has 0 radical (unpaired) electrons. The molecule has 10 heteroatoms. The molecule has 0 amide bonds. The van der Waals surface area contributed by atoms with Gasteiger partial charge in [0.25, 0.3) is 0 Å². The second-order valence-electron chi connectivity index (χ2n) is 5.06. The Kier molecular flexibility index (Phi) is 5.40. The first kappa shape index (κ1) is 18.3. The van der Waals surface area contributed by atoms with Crippen molar-refractivity contribution < 1.29 is 16.8 Å². The molecule has 7 nitrogen and oxygen atoms in total. The lowest BCUT2D eigenvalue weighted by Crippen LogP contribution is -2.54. The maximum atomic E-state index is 12.1. The van der Waals surface area contributed by atoms with Gasteiger partial charge in [-0.05, 0) is 37.5 Å². The highest BCUT2D eigenvalue weighted by molar-refractivity contribution is 7.90. The third kappa shape index (κ3) is 4.38. The van der Waals surface area contributed by atoms with Crippen molar-refractivity contribution in [3.8, 4) is 0 Å². The Balaban J connectivity index is 0.00000220. The van der Waals surface area contributed by atoms with Crippen molar-refractivity contribution in [1.29, 1.82) is 0 Å². The van der Waals surface area contributed by atoms with E-state index in [2.05, 4.69) is 4.72 Å². The molecule has 1 fully saturated rings. The van der Waals surface area contributed by atoms with Gasteiger partial charge < -0.3 is 5.73 Å². The van der Waals surface area contributed by atoms with Crippen LogP contribution in [0.25, 0.3) is 0 Å². The van der Waals surface area contributed by atoms with Crippen LogP contribution in [-0.2, 0) is 20.0 Å². The lowest BCUT2D eigenvalue weighted by molar-refractivity contribution is 0.251. The van der Waals surface area contributed by atoms with Gasteiger partial charge in [0.2, 0.25) is 20.0 Å². The molecular formula is C11H18ClN3O4S2. The van der Waals surface area contributed by atoms with Crippen molar-refractivity contribution in [3.05, 3.63) is 24.3 Å². The predicted octanol–water partition coefficient (Wildman–Crippen LogP) is -0.0845. The Morgan fingerprint density at radius 3 is 2.19 bits per heavy atom. The van der Waals surface area contributed by atoms with Gasteiger partial charge in [0, 0.05) is 12.1 Å². The van der Waals surface area contributed by atoms with E-state index in [1.54, 1.807) is 0 Å². The summed E-state index contributed by atoms with van der Waals surface area (Å²) < 4.78 is 49.1. The van der Waals surface area contributed by atoms with Crippen LogP contribution in [0.5, 0.6) is 0 Å². The molecule has 0 bridgehead atoms. The average Bonchev–Trinajstić information content (AvgIpc) is 2.33. The monoisotopic (exact) mass is 355 g/mol. The van der Waals surface area contributed by atoms with E-state index in [-0.39, 0.29) is 28.7 Å². The van der Waals surface area contributed by atoms with Crippen molar-refractivity contribution in [2.75, 3.05) is 6.54 Å². The van der Waals surface area contributed by atoms with Gasteiger partial charge in [0.15, 0.2) is 0 Å². The molecule has 0 spiro atoms. The molecule has 1 aliphatic carbocycles. The molecule has 0 unspecified atom stereocenters. The van der Waals surface area contributed by atoms with Crippen LogP contribution in [-0.4, -0.2) is 28.9 Å². The molecule has 1 saturated carbocycles. The number of hydrogen-bond acceptors (Lipinski definition) is 5. The molecule has 0 atom stereocenters. The number of primary sulfonamides is 1. The summed E-state index contributed by atoms with van der Waals surface area (Å²) in [5.74, 6) is 0. The van der Waals surface area contributed by atoms with Crippen molar-refractivity contribution in [1.82, 2.24) is 4.72 Å². The average molecular weight is 356 g/mol. The molecule has 0 saturated heterocycles. The fourth-order valence-corrected chi connectivity index (χ4v) is 3.77.